The Morgan fingerprint density at radius 1 is 1.05 bits per heavy atom. The molecule has 0 saturated carbocycles. The van der Waals surface area contributed by atoms with Crippen molar-refractivity contribution in [1.29, 1.82) is 0 Å². The van der Waals surface area contributed by atoms with Crippen molar-refractivity contribution in [3.05, 3.63) is 54.6 Å². The van der Waals surface area contributed by atoms with Gasteiger partial charge in [-0.1, -0.05) is 42.5 Å². The molecule has 1 amide bonds. The molecule has 1 saturated heterocycles. The van der Waals surface area contributed by atoms with Crippen LogP contribution in [0.25, 0.3) is 11.1 Å². The maximum atomic E-state index is 12.0. The molecule has 1 aliphatic rings. The van der Waals surface area contributed by atoms with E-state index in [0.717, 1.165) is 37.1 Å². The Morgan fingerprint density at radius 3 is 2.45 bits per heavy atom. The zero-order valence-electron chi connectivity index (χ0n) is 12.6. The highest BCUT2D eigenvalue weighted by molar-refractivity contribution is 5.91. The predicted octanol–water partition coefficient (Wildman–Crippen LogP) is 4.25. The molecule has 0 aromatic heterocycles. The van der Waals surface area contributed by atoms with E-state index in [9.17, 15) is 4.79 Å². The van der Waals surface area contributed by atoms with Crippen LogP contribution in [-0.2, 0) is 9.53 Å². The first-order valence-corrected chi connectivity index (χ1v) is 7.88. The highest BCUT2D eigenvalue weighted by atomic mass is 16.5. The van der Waals surface area contributed by atoms with Gasteiger partial charge in [0.15, 0.2) is 0 Å². The number of carbonyl (C=O) groups is 1. The fraction of sp³-hybridized carbons (Fsp3) is 0.316. The first-order chi connectivity index (χ1) is 10.8. The van der Waals surface area contributed by atoms with Gasteiger partial charge in [0, 0.05) is 18.7 Å². The third-order valence-corrected chi connectivity index (χ3v) is 3.99. The lowest BCUT2D eigenvalue weighted by Crippen LogP contribution is -2.15. The molecule has 1 unspecified atom stereocenters. The van der Waals surface area contributed by atoms with Crippen LogP contribution in [0.15, 0.2) is 54.6 Å². The highest BCUT2D eigenvalue weighted by Crippen LogP contribution is 2.21. The van der Waals surface area contributed by atoms with Gasteiger partial charge in [0.25, 0.3) is 0 Å². The van der Waals surface area contributed by atoms with Crippen LogP contribution < -0.4 is 5.32 Å². The monoisotopic (exact) mass is 295 g/mol. The van der Waals surface area contributed by atoms with Crippen molar-refractivity contribution in [3.63, 3.8) is 0 Å². The standard InChI is InChI=1S/C19H21NO2/c21-19(13-12-18-7-4-14-22-18)20-17-10-8-16(9-11-17)15-5-2-1-3-6-15/h1-3,5-6,8-11,18H,4,7,12-14H2,(H,20,21). The number of anilines is 1. The second kappa shape index (κ2) is 7.23. The Labute approximate surface area is 131 Å². The summed E-state index contributed by atoms with van der Waals surface area (Å²) in [7, 11) is 0. The lowest BCUT2D eigenvalue weighted by Gasteiger charge is -2.10. The molecule has 1 N–H and O–H groups in total. The molecule has 2 aromatic carbocycles. The molecule has 1 heterocycles. The summed E-state index contributed by atoms with van der Waals surface area (Å²) in [5.41, 5.74) is 3.17. The number of rotatable bonds is 5. The minimum atomic E-state index is 0.0583. The van der Waals surface area contributed by atoms with Gasteiger partial charge >= 0.3 is 0 Å². The number of hydrogen-bond acceptors (Lipinski definition) is 2. The summed E-state index contributed by atoms with van der Waals surface area (Å²) in [6.45, 7) is 0.841. The maximum Gasteiger partial charge on any atom is 0.224 e. The SMILES string of the molecule is O=C(CCC1CCCO1)Nc1ccc(-c2ccccc2)cc1. The highest BCUT2D eigenvalue weighted by Gasteiger charge is 2.16. The van der Waals surface area contributed by atoms with Crippen molar-refractivity contribution in [2.45, 2.75) is 31.8 Å². The van der Waals surface area contributed by atoms with Crippen LogP contribution in [0.5, 0.6) is 0 Å². The summed E-state index contributed by atoms with van der Waals surface area (Å²) in [5, 5.41) is 2.95. The first kappa shape index (κ1) is 14.8. The molecule has 0 radical (unpaired) electrons. The molecule has 0 bridgehead atoms. The lowest BCUT2D eigenvalue weighted by molar-refractivity contribution is -0.116. The van der Waals surface area contributed by atoms with E-state index in [-0.39, 0.29) is 12.0 Å². The van der Waals surface area contributed by atoms with Gasteiger partial charge in [0.1, 0.15) is 0 Å². The third kappa shape index (κ3) is 3.95. The minimum Gasteiger partial charge on any atom is -0.378 e. The van der Waals surface area contributed by atoms with Crippen LogP contribution in [0.1, 0.15) is 25.7 Å². The van der Waals surface area contributed by atoms with Gasteiger partial charge in [0.2, 0.25) is 5.91 Å². The zero-order valence-corrected chi connectivity index (χ0v) is 12.6. The van der Waals surface area contributed by atoms with Gasteiger partial charge in [-0.2, -0.15) is 0 Å². The molecule has 0 aliphatic carbocycles. The van der Waals surface area contributed by atoms with Crippen LogP contribution in [0.3, 0.4) is 0 Å². The molecule has 1 fully saturated rings. The van der Waals surface area contributed by atoms with Gasteiger partial charge in [-0.05, 0) is 42.5 Å². The largest absolute Gasteiger partial charge is 0.378 e. The molecule has 1 aliphatic heterocycles. The van der Waals surface area contributed by atoms with E-state index in [4.69, 9.17) is 4.74 Å². The third-order valence-electron chi connectivity index (χ3n) is 3.99. The van der Waals surface area contributed by atoms with Crippen molar-refractivity contribution < 1.29 is 9.53 Å². The Balaban J connectivity index is 1.53. The van der Waals surface area contributed by atoms with E-state index >= 15 is 0 Å². The Kier molecular flexibility index (Phi) is 4.86. The summed E-state index contributed by atoms with van der Waals surface area (Å²) < 4.78 is 5.54. The maximum absolute atomic E-state index is 12.0. The Bertz CT molecular complexity index is 601. The van der Waals surface area contributed by atoms with Crippen LogP contribution in [0.4, 0.5) is 5.69 Å². The molecule has 3 rings (SSSR count). The fourth-order valence-electron chi connectivity index (χ4n) is 2.76. The normalized spacial score (nSPS) is 17.4. The Hall–Kier alpha value is -2.13. The predicted molar refractivity (Wildman–Crippen MR) is 88.7 cm³/mol. The Morgan fingerprint density at radius 2 is 1.77 bits per heavy atom. The average Bonchev–Trinajstić information content (AvgIpc) is 3.08. The van der Waals surface area contributed by atoms with E-state index in [1.807, 2.05) is 42.5 Å². The van der Waals surface area contributed by atoms with Gasteiger partial charge in [0.05, 0.1) is 6.10 Å². The molecule has 2 aromatic rings. The lowest BCUT2D eigenvalue weighted by atomic mass is 10.1. The van der Waals surface area contributed by atoms with Crippen LogP contribution in [-0.4, -0.2) is 18.6 Å². The molecular formula is C19H21NO2. The van der Waals surface area contributed by atoms with Gasteiger partial charge in [-0.15, -0.1) is 0 Å². The summed E-state index contributed by atoms with van der Waals surface area (Å²) in [5.74, 6) is 0.0583. The second-order valence-corrected chi connectivity index (χ2v) is 5.67. The smallest absolute Gasteiger partial charge is 0.224 e. The molecule has 3 heteroatoms. The number of amides is 1. The molecular weight excluding hydrogens is 274 g/mol. The van der Waals surface area contributed by atoms with Crippen molar-refractivity contribution >= 4 is 11.6 Å². The van der Waals surface area contributed by atoms with Crippen molar-refractivity contribution in [1.82, 2.24) is 0 Å². The molecule has 0 spiro atoms. The van der Waals surface area contributed by atoms with E-state index in [2.05, 4.69) is 17.4 Å². The number of ether oxygens (including phenoxy) is 1. The summed E-state index contributed by atoms with van der Waals surface area (Å²) in [6, 6.07) is 18.2. The van der Waals surface area contributed by atoms with E-state index in [1.165, 1.54) is 5.56 Å². The van der Waals surface area contributed by atoms with Crippen LogP contribution >= 0.6 is 0 Å². The second-order valence-electron chi connectivity index (χ2n) is 5.67. The molecule has 3 nitrogen and oxygen atoms in total. The zero-order chi connectivity index (χ0) is 15.2. The van der Waals surface area contributed by atoms with Gasteiger partial charge in [-0.25, -0.2) is 0 Å². The number of carbonyl (C=O) groups excluding carboxylic acids is 1. The number of hydrogen-bond donors (Lipinski definition) is 1. The van der Waals surface area contributed by atoms with Crippen LogP contribution in [0.2, 0.25) is 0 Å². The minimum absolute atomic E-state index is 0.0583. The van der Waals surface area contributed by atoms with E-state index in [0.29, 0.717) is 6.42 Å². The fourth-order valence-corrected chi connectivity index (χ4v) is 2.76. The average molecular weight is 295 g/mol. The number of nitrogens with one attached hydrogen (secondary N) is 1. The van der Waals surface area contributed by atoms with Crippen LogP contribution in [0, 0.1) is 0 Å². The van der Waals surface area contributed by atoms with E-state index in [1.54, 1.807) is 0 Å². The van der Waals surface area contributed by atoms with Crippen molar-refractivity contribution in [2.75, 3.05) is 11.9 Å². The molecule has 22 heavy (non-hydrogen) atoms. The molecule has 114 valence electrons. The van der Waals surface area contributed by atoms with Gasteiger partial charge < -0.3 is 10.1 Å². The van der Waals surface area contributed by atoms with Crippen molar-refractivity contribution in [2.24, 2.45) is 0 Å². The molecule has 1 atom stereocenters. The summed E-state index contributed by atoms with van der Waals surface area (Å²) >= 11 is 0. The van der Waals surface area contributed by atoms with Crippen molar-refractivity contribution in [3.8, 4) is 11.1 Å². The topological polar surface area (TPSA) is 38.3 Å². The van der Waals surface area contributed by atoms with Gasteiger partial charge in [-0.3, -0.25) is 4.79 Å². The number of benzene rings is 2. The summed E-state index contributed by atoms with van der Waals surface area (Å²) in [4.78, 5) is 12.0. The summed E-state index contributed by atoms with van der Waals surface area (Å²) in [6.07, 6.45) is 3.80. The van der Waals surface area contributed by atoms with E-state index < -0.39 is 0 Å². The quantitative estimate of drug-likeness (QED) is 0.895. The first-order valence-electron chi connectivity index (χ1n) is 7.88.